The Balaban J connectivity index is 1.93. The maximum Gasteiger partial charge on any atom is 0.256 e. The molecule has 1 N–H and O–H groups in total. The van der Waals surface area contributed by atoms with E-state index >= 15 is 0 Å². The number of nitrogens with one attached hydrogen (secondary N) is 1. The summed E-state index contributed by atoms with van der Waals surface area (Å²) in [7, 11) is 0. The second kappa shape index (κ2) is 5.88. The first-order chi connectivity index (χ1) is 10.3. The summed E-state index contributed by atoms with van der Waals surface area (Å²) in [5.74, 6) is -0.185. The molecule has 3 rings (SSSR count). The maximum atomic E-state index is 12.4. The Morgan fingerprint density at radius 3 is 2.62 bits per heavy atom. The number of aromatic nitrogens is 3. The van der Waals surface area contributed by atoms with Gasteiger partial charge in [0.1, 0.15) is 12.7 Å². The quantitative estimate of drug-likeness (QED) is 0.794. The second-order valence-corrected chi connectivity index (χ2v) is 5.15. The van der Waals surface area contributed by atoms with Gasteiger partial charge in [-0.2, -0.15) is 5.10 Å². The van der Waals surface area contributed by atoms with Gasteiger partial charge in [0.05, 0.1) is 16.9 Å². The molecule has 104 valence electrons. The number of amides is 1. The third-order valence-corrected chi connectivity index (χ3v) is 3.63. The Morgan fingerprint density at radius 1 is 1.10 bits per heavy atom. The predicted molar refractivity (Wildman–Crippen MR) is 83.5 cm³/mol. The Bertz CT molecular complexity index is 771. The van der Waals surface area contributed by atoms with Gasteiger partial charge in [-0.1, -0.05) is 24.3 Å². The number of para-hydroxylation sites is 2. The van der Waals surface area contributed by atoms with E-state index in [1.54, 1.807) is 17.1 Å². The minimum absolute atomic E-state index is 0.185. The van der Waals surface area contributed by atoms with Gasteiger partial charge in [-0.25, -0.2) is 9.67 Å². The Kier molecular flexibility index (Phi) is 3.79. The van der Waals surface area contributed by atoms with Crippen LogP contribution in [0.2, 0.25) is 0 Å². The van der Waals surface area contributed by atoms with Crippen molar-refractivity contribution in [3.63, 3.8) is 0 Å². The van der Waals surface area contributed by atoms with Gasteiger partial charge >= 0.3 is 0 Å². The van der Waals surface area contributed by atoms with E-state index in [2.05, 4.69) is 31.3 Å². The van der Waals surface area contributed by atoms with Crippen LogP contribution in [-0.2, 0) is 0 Å². The highest BCUT2D eigenvalue weighted by Gasteiger charge is 2.12. The lowest BCUT2D eigenvalue weighted by atomic mass is 10.2. The van der Waals surface area contributed by atoms with Crippen molar-refractivity contribution >= 4 is 27.5 Å². The van der Waals surface area contributed by atoms with E-state index in [4.69, 9.17) is 0 Å². The third-order valence-electron chi connectivity index (χ3n) is 2.94. The van der Waals surface area contributed by atoms with Gasteiger partial charge in [-0.3, -0.25) is 4.79 Å². The molecule has 0 radical (unpaired) electrons. The molecule has 5 nitrogen and oxygen atoms in total. The van der Waals surface area contributed by atoms with Crippen molar-refractivity contribution in [1.82, 2.24) is 14.8 Å². The van der Waals surface area contributed by atoms with Gasteiger partial charge in [0.2, 0.25) is 0 Å². The Morgan fingerprint density at radius 2 is 1.86 bits per heavy atom. The zero-order valence-electron chi connectivity index (χ0n) is 10.9. The average molecular weight is 343 g/mol. The van der Waals surface area contributed by atoms with Gasteiger partial charge in [0.15, 0.2) is 0 Å². The molecule has 0 saturated heterocycles. The number of benzene rings is 2. The van der Waals surface area contributed by atoms with Crippen molar-refractivity contribution in [3.05, 3.63) is 71.2 Å². The summed E-state index contributed by atoms with van der Waals surface area (Å²) in [6, 6.07) is 14.7. The topological polar surface area (TPSA) is 59.8 Å². The zero-order chi connectivity index (χ0) is 14.7. The number of carbonyl (C=O) groups is 1. The first kappa shape index (κ1) is 13.5. The van der Waals surface area contributed by atoms with Gasteiger partial charge in [-0.15, -0.1) is 0 Å². The van der Waals surface area contributed by atoms with Crippen molar-refractivity contribution in [1.29, 1.82) is 0 Å². The fourth-order valence-electron chi connectivity index (χ4n) is 1.95. The minimum Gasteiger partial charge on any atom is -0.320 e. The van der Waals surface area contributed by atoms with Gasteiger partial charge in [0, 0.05) is 4.47 Å². The van der Waals surface area contributed by atoms with Crippen LogP contribution in [0.1, 0.15) is 10.4 Å². The van der Waals surface area contributed by atoms with Crippen LogP contribution in [0.3, 0.4) is 0 Å². The Labute approximate surface area is 129 Å². The zero-order valence-corrected chi connectivity index (χ0v) is 12.5. The molecule has 1 heterocycles. The third kappa shape index (κ3) is 2.85. The number of halogens is 1. The normalized spacial score (nSPS) is 10.3. The van der Waals surface area contributed by atoms with Gasteiger partial charge in [0.25, 0.3) is 5.91 Å². The van der Waals surface area contributed by atoms with Crippen LogP contribution in [0.4, 0.5) is 5.69 Å². The van der Waals surface area contributed by atoms with Crippen molar-refractivity contribution in [2.75, 3.05) is 5.32 Å². The van der Waals surface area contributed by atoms with Crippen LogP contribution in [0, 0.1) is 0 Å². The lowest BCUT2D eigenvalue weighted by Crippen LogP contribution is -2.14. The largest absolute Gasteiger partial charge is 0.320 e. The van der Waals surface area contributed by atoms with Crippen molar-refractivity contribution in [3.8, 4) is 5.69 Å². The summed E-state index contributed by atoms with van der Waals surface area (Å²) in [4.78, 5) is 16.3. The fourth-order valence-corrected chi connectivity index (χ4v) is 2.41. The van der Waals surface area contributed by atoms with E-state index in [-0.39, 0.29) is 5.91 Å². The van der Waals surface area contributed by atoms with Crippen LogP contribution in [0.15, 0.2) is 65.7 Å². The van der Waals surface area contributed by atoms with E-state index < -0.39 is 0 Å². The molecule has 0 aliphatic carbocycles. The molecule has 3 aromatic rings. The average Bonchev–Trinajstić information content (AvgIpc) is 3.02. The summed E-state index contributed by atoms with van der Waals surface area (Å²) >= 11 is 3.38. The minimum atomic E-state index is -0.185. The molecule has 1 aromatic heterocycles. The molecule has 0 fully saturated rings. The SMILES string of the molecule is O=C(Nc1ccccc1-n1cncn1)c1ccccc1Br. The van der Waals surface area contributed by atoms with E-state index in [1.807, 2.05) is 42.5 Å². The van der Waals surface area contributed by atoms with E-state index in [1.165, 1.54) is 6.33 Å². The van der Waals surface area contributed by atoms with Crippen LogP contribution in [0.5, 0.6) is 0 Å². The summed E-state index contributed by atoms with van der Waals surface area (Å²) in [6.07, 6.45) is 3.04. The summed E-state index contributed by atoms with van der Waals surface area (Å²) in [6.45, 7) is 0. The Hall–Kier alpha value is -2.47. The highest BCUT2D eigenvalue weighted by molar-refractivity contribution is 9.10. The monoisotopic (exact) mass is 342 g/mol. The molecule has 0 atom stereocenters. The number of carbonyl (C=O) groups excluding carboxylic acids is 1. The molecule has 2 aromatic carbocycles. The lowest BCUT2D eigenvalue weighted by molar-refractivity contribution is 0.102. The molecule has 21 heavy (non-hydrogen) atoms. The molecule has 0 bridgehead atoms. The first-order valence-electron chi connectivity index (χ1n) is 6.25. The fraction of sp³-hybridized carbons (Fsp3) is 0. The molecule has 1 amide bonds. The van der Waals surface area contributed by atoms with Crippen LogP contribution >= 0.6 is 15.9 Å². The smallest absolute Gasteiger partial charge is 0.256 e. The number of anilines is 1. The van der Waals surface area contributed by atoms with Crippen molar-refractivity contribution in [2.24, 2.45) is 0 Å². The number of hydrogen-bond donors (Lipinski definition) is 1. The van der Waals surface area contributed by atoms with Crippen LogP contribution < -0.4 is 5.32 Å². The van der Waals surface area contributed by atoms with Crippen LogP contribution in [0.25, 0.3) is 5.69 Å². The molecule has 6 heteroatoms. The van der Waals surface area contributed by atoms with Gasteiger partial charge < -0.3 is 5.32 Å². The summed E-state index contributed by atoms with van der Waals surface area (Å²) in [5, 5.41) is 6.99. The van der Waals surface area contributed by atoms with Crippen molar-refractivity contribution < 1.29 is 4.79 Å². The van der Waals surface area contributed by atoms with Crippen LogP contribution in [-0.4, -0.2) is 20.7 Å². The molecule has 0 saturated carbocycles. The highest BCUT2D eigenvalue weighted by atomic mass is 79.9. The molecule has 0 spiro atoms. The van der Waals surface area contributed by atoms with Gasteiger partial charge in [-0.05, 0) is 40.2 Å². The summed E-state index contributed by atoms with van der Waals surface area (Å²) < 4.78 is 2.36. The highest BCUT2D eigenvalue weighted by Crippen LogP contribution is 2.22. The molecule has 0 unspecified atom stereocenters. The number of rotatable bonds is 3. The van der Waals surface area contributed by atoms with E-state index in [0.29, 0.717) is 11.3 Å². The predicted octanol–water partition coefficient (Wildman–Crippen LogP) is 3.28. The molecular formula is C15H11BrN4O. The van der Waals surface area contributed by atoms with E-state index in [9.17, 15) is 4.79 Å². The second-order valence-electron chi connectivity index (χ2n) is 4.29. The maximum absolute atomic E-state index is 12.4. The summed E-state index contributed by atoms with van der Waals surface area (Å²) in [5.41, 5.74) is 2.00. The molecule has 0 aliphatic rings. The van der Waals surface area contributed by atoms with E-state index in [0.717, 1.165) is 10.2 Å². The van der Waals surface area contributed by atoms with Crippen molar-refractivity contribution in [2.45, 2.75) is 0 Å². The first-order valence-corrected chi connectivity index (χ1v) is 7.05. The lowest BCUT2D eigenvalue weighted by Gasteiger charge is -2.11. The number of hydrogen-bond acceptors (Lipinski definition) is 3. The molecular weight excluding hydrogens is 332 g/mol. The number of nitrogens with zero attached hydrogens (tertiary/aromatic N) is 3. The molecule has 0 aliphatic heterocycles. The standard InChI is InChI=1S/C15H11BrN4O/c16-12-6-2-1-5-11(12)15(21)19-13-7-3-4-8-14(13)20-10-17-9-18-20/h1-10H,(H,19,21).